The van der Waals surface area contributed by atoms with E-state index >= 15 is 0 Å². The molecule has 1 rings (SSSR count). The van der Waals surface area contributed by atoms with Gasteiger partial charge in [0, 0.05) is 24.6 Å². The summed E-state index contributed by atoms with van der Waals surface area (Å²) in [6, 6.07) is 1.23. The van der Waals surface area contributed by atoms with Crippen molar-refractivity contribution in [2.24, 2.45) is 0 Å². The summed E-state index contributed by atoms with van der Waals surface area (Å²) in [6.45, 7) is 5.89. The maximum atomic E-state index is 11.9. The molecule has 0 atom stereocenters. The van der Waals surface area contributed by atoms with Crippen molar-refractivity contribution in [2.45, 2.75) is 26.2 Å². The number of anilines is 1. The molecule has 0 unspecified atom stereocenters. The normalized spacial score (nSPS) is 11.4. The lowest BCUT2D eigenvalue weighted by atomic mass is 9.93. The molecule has 0 aliphatic carbocycles. The zero-order chi connectivity index (χ0) is 14.5. The first-order valence-electron chi connectivity index (χ1n) is 6.13. The smallest absolute Gasteiger partial charge is 0.323 e. The molecule has 7 heteroatoms. The van der Waals surface area contributed by atoms with Gasteiger partial charge in [0.2, 0.25) is 0 Å². The fourth-order valence-electron chi connectivity index (χ4n) is 1.43. The predicted octanol–water partition coefficient (Wildman–Crippen LogP) is 0.791. The summed E-state index contributed by atoms with van der Waals surface area (Å²) in [5, 5.41) is 24.0. The summed E-state index contributed by atoms with van der Waals surface area (Å²) in [4.78, 5) is 13.2. The third kappa shape index (κ3) is 4.53. The van der Waals surface area contributed by atoms with Crippen LogP contribution in [0.3, 0.4) is 0 Å². The molecular weight excluding hydrogens is 250 g/mol. The van der Waals surface area contributed by atoms with Crippen LogP contribution in [-0.4, -0.2) is 52.6 Å². The second-order valence-electron chi connectivity index (χ2n) is 5.19. The predicted molar refractivity (Wildman–Crippen MR) is 70.0 cm³/mol. The van der Waals surface area contributed by atoms with Crippen LogP contribution in [0.15, 0.2) is 10.6 Å². The Labute approximate surface area is 112 Å². The molecule has 19 heavy (non-hydrogen) atoms. The van der Waals surface area contributed by atoms with Crippen molar-refractivity contribution in [1.29, 1.82) is 0 Å². The maximum Gasteiger partial charge on any atom is 0.323 e. The summed E-state index contributed by atoms with van der Waals surface area (Å²) < 4.78 is 5.15. The Kier molecular flexibility index (Phi) is 5.31. The molecule has 1 aromatic heterocycles. The van der Waals surface area contributed by atoms with Crippen LogP contribution in [0.5, 0.6) is 0 Å². The number of hydrogen-bond acceptors (Lipinski definition) is 5. The number of aliphatic hydroxyl groups is 2. The first-order chi connectivity index (χ1) is 8.88. The minimum Gasteiger partial charge on any atom is -0.395 e. The number of hydrogen-bond donors (Lipinski definition) is 3. The molecule has 0 bridgehead atoms. The number of carbonyl (C=O) groups is 1. The maximum absolute atomic E-state index is 11.9. The number of rotatable bonds is 5. The molecule has 1 aromatic rings. The second-order valence-corrected chi connectivity index (χ2v) is 5.19. The largest absolute Gasteiger partial charge is 0.395 e. The second kappa shape index (κ2) is 6.53. The average molecular weight is 271 g/mol. The molecule has 0 saturated heterocycles. The Hall–Kier alpha value is -1.60. The Balaban J connectivity index is 2.67. The van der Waals surface area contributed by atoms with Crippen LogP contribution >= 0.6 is 0 Å². The van der Waals surface area contributed by atoms with Gasteiger partial charge in [-0.05, 0) is 0 Å². The van der Waals surface area contributed by atoms with Gasteiger partial charge in [-0.25, -0.2) is 4.79 Å². The minimum atomic E-state index is -0.433. The van der Waals surface area contributed by atoms with E-state index in [0.29, 0.717) is 11.6 Å². The highest BCUT2D eigenvalue weighted by Gasteiger charge is 2.21. The number of nitrogens with zero attached hydrogens (tertiary/aromatic N) is 2. The van der Waals surface area contributed by atoms with Crippen molar-refractivity contribution in [3.63, 3.8) is 0 Å². The van der Waals surface area contributed by atoms with Crippen molar-refractivity contribution < 1.29 is 19.5 Å². The minimum absolute atomic E-state index is 0.149. The van der Waals surface area contributed by atoms with Gasteiger partial charge in [-0.1, -0.05) is 25.9 Å². The SMILES string of the molecule is CC(C)(C)c1cc(NC(=O)N(CCO)CCO)no1. The van der Waals surface area contributed by atoms with Crippen molar-refractivity contribution in [3.8, 4) is 0 Å². The number of carbonyl (C=O) groups excluding carboxylic acids is 1. The third-order valence-electron chi connectivity index (χ3n) is 2.51. The van der Waals surface area contributed by atoms with Crippen molar-refractivity contribution in [1.82, 2.24) is 10.1 Å². The first-order valence-corrected chi connectivity index (χ1v) is 6.13. The van der Waals surface area contributed by atoms with E-state index in [4.69, 9.17) is 14.7 Å². The van der Waals surface area contributed by atoms with Crippen LogP contribution in [0, 0.1) is 0 Å². The van der Waals surface area contributed by atoms with E-state index < -0.39 is 6.03 Å². The molecule has 0 radical (unpaired) electrons. The van der Waals surface area contributed by atoms with E-state index in [2.05, 4.69) is 10.5 Å². The highest BCUT2D eigenvalue weighted by Crippen LogP contribution is 2.24. The van der Waals surface area contributed by atoms with Gasteiger partial charge in [-0.2, -0.15) is 0 Å². The molecule has 2 amide bonds. The highest BCUT2D eigenvalue weighted by molar-refractivity contribution is 5.88. The molecule has 0 aliphatic heterocycles. The van der Waals surface area contributed by atoms with Gasteiger partial charge in [-0.3, -0.25) is 5.32 Å². The summed E-state index contributed by atoms with van der Waals surface area (Å²) >= 11 is 0. The topological polar surface area (TPSA) is 98.8 Å². The van der Waals surface area contributed by atoms with Crippen LogP contribution < -0.4 is 5.32 Å². The molecule has 7 nitrogen and oxygen atoms in total. The Morgan fingerprint density at radius 2 is 1.95 bits per heavy atom. The van der Waals surface area contributed by atoms with E-state index in [0.717, 1.165) is 0 Å². The Bertz CT molecular complexity index is 405. The number of aliphatic hydroxyl groups excluding tert-OH is 2. The Morgan fingerprint density at radius 3 is 2.37 bits per heavy atom. The van der Waals surface area contributed by atoms with Gasteiger partial charge in [0.05, 0.1) is 13.2 Å². The number of nitrogens with one attached hydrogen (secondary N) is 1. The third-order valence-corrected chi connectivity index (χ3v) is 2.51. The van der Waals surface area contributed by atoms with Gasteiger partial charge in [0.25, 0.3) is 0 Å². The molecule has 0 aliphatic rings. The average Bonchev–Trinajstić information content (AvgIpc) is 2.77. The summed E-state index contributed by atoms with van der Waals surface area (Å²) in [6.07, 6.45) is 0. The van der Waals surface area contributed by atoms with E-state index in [9.17, 15) is 4.79 Å². The molecule has 0 aromatic carbocycles. The zero-order valence-electron chi connectivity index (χ0n) is 11.5. The molecule has 0 spiro atoms. The lowest BCUT2D eigenvalue weighted by Crippen LogP contribution is -2.39. The van der Waals surface area contributed by atoms with Crippen LogP contribution in [0.25, 0.3) is 0 Å². The van der Waals surface area contributed by atoms with Gasteiger partial charge < -0.3 is 19.6 Å². The lowest BCUT2D eigenvalue weighted by molar-refractivity contribution is 0.167. The van der Waals surface area contributed by atoms with Gasteiger partial charge in [0.15, 0.2) is 5.82 Å². The summed E-state index contributed by atoms with van der Waals surface area (Å²) in [7, 11) is 0. The first kappa shape index (κ1) is 15.5. The van der Waals surface area contributed by atoms with Gasteiger partial charge in [0.1, 0.15) is 5.76 Å². The molecule has 0 fully saturated rings. The fraction of sp³-hybridized carbons (Fsp3) is 0.667. The zero-order valence-corrected chi connectivity index (χ0v) is 11.5. The van der Waals surface area contributed by atoms with Crippen LogP contribution in [-0.2, 0) is 5.41 Å². The highest BCUT2D eigenvalue weighted by atomic mass is 16.5. The standard InChI is InChI=1S/C12H21N3O4/c1-12(2,3)9-8-10(14-19-9)13-11(18)15(4-6-16)5-7-17/h8,16-17H,4-7H2,1-3H3,(H,13,14,18). The molecule has 0 saturated carbocycles. The number of amides is 2. The van der Waals surface area contributed by atoms with Crippen LogP contribution in [0.2, 0.25) is 0 Å². The van der Waals surface area contributed by atoms with E-state index in [1.807, 2.05) is 20.8 Å². The quantitative estimate of drug-likeness (QED) is 0.735. The van der Waals surface area contributed by atoms with Crippen LogP contribution in [0.4, 0.5) is 10.6 Å². The molecule has 3 N–H and O–H groups in total. The molecular formula is C12H21N3O4. The summed E-state index contributed by atoms with van der Waals surface area (Å²) in [5.41, 5.74) is -0.189. The lowest BCUT2D eigenvalue weighted by Gasteiger charge is -2.20. The monoisotopic (exact) mass is 271 g/mol. The van der Waals surface area contributed by atoms with E-state index in [1.54, 1.807) is 6.07 Å². The number of aromatic nitrogens is 1. The van der Waals surface area contributed by atoms with Crippen molar-refractivity contribution in [2.75, 3.05) is 31.6 Å². The number of urea groups is 1. The van der Waals surface area contributed by atoms with Gasteiger partial charge >= 0.3 is 6.03 Å². The van der Waals surface area contributed by atoms with E-state index in [1.165, 1.54) is 4.90 Å². The molecule has 108 valence electrons. The molecule has 1 heterocycles. The van der Waals surface area contributed by atoms with E-state index in [-0.39, 0.29) is 31.7 Å². The van der Waals surface area contributed by atoms with Crippen LogP contribution in [0.1, 0.15) is 26.5 Å². The fourth-order valence-corrected chi connectivity index (χ4v) is 1.43. The van der Waals surface area contributed by atoms with Crippen molar-refractivity contribution >= 4 is 11.8 Å². The van der Waals surface area contributed by atoms with Gasteiger partial charge in [-0.15, -0.1) is 0 Å². The Morgan fingerprint density at radius 1 is 1.37 bits per heavy atom. The van der Waals surface area contributed by atoms with Crippen molar-refractivity contribution in [3.05, 3.63) is 11.8 Å². The summed E-state index contributed by atoms with van der Waals surface area (Å²) in [5.74, 6) is 0.981.